The zero-order valence-electron chi connectivity index (χ0n) is 7.70. The third-order valence-corrected chi connectivity index (χ3v) is 2.42. The molecule has 1 aromatic carbocycles. The lowest BCUT2D eigenvalue weighted by atomic mass is 9.96. The molecule has 13 heavy (non-hydrogen) atoms. The molecule has 0 saturated carbocycles. The molecular formula is C12H13N. The Labute approximate surface area is 78.4 Å². The predicted octanol–water partition coefficient (Wildman–Crippen LogP) is 3.17. The molecule has 2 aromatic rings. The van der Waals surface area contributed by atoms with Crippen molar-refractivity contribution in [3.8, 4) is 0 Å². The van der Waals surface area contributed by atoms with Crippen LogP contribution in [0.25, 0.3) is 0 Å². The summed E-state index contributed by atoms with van der Waals surface area (Å²) in [5.41, 5.74) is 2.70. The first kappa shape index (κ1) is 8.11. The molecular weight excluding hydrogens is 158 g/mol. The van der Waals surface area contributed by atoms with E-state index in [9.17, 15) is 0 Å². The number of H-pyrrole nitrogens is 1. The van der Waals surface area contributed by atoms with Crippen LogP contribution in [0.5, 0.6) is 0 Å². The molecule has 0 saturated heterocycles. The average Bonchev–Trinajstić information content (AvgIpc) is 2.71. The quantitative estimate of drug-likeness (QED) is 0.714. The molecule has 1 heteroatoms. The van der Waals surface area contributed by atoms with Gasteiger partial charge in [0.15, 0.2) is 0 Å². The van der Waals surface area contributed by atoms with Crippen LogP contribution >= 0.6 is 0 Å². The summed E-state index contributed by atoms with van der Waals surface area (Å²) in [5, 5.41) is 0. The summed E-state index contributed by atoms with van der Waals surface area (Å²) >= 11 is 0. The number of hydrogen-bond acceptors (Lipinski definition) is 0. The molecule has 0 aliphatic carbocycles. The van der Waals surface area contributed by atoms with Crippen molar-refractivity contribution in [1.82, 2.24) is 4.98 Å². The van der Waals surface area contributed by atoms with E-state index in [-0.39, 0.29) is 0 Å². The maximum atomic E-state index is 3.08. The van der Waals surface area contributed by atoms with Gasteiger partial charge in [-0.15, -0.1) is 0 Å². The van der Waals surface area contributed by atoms with E-state index in [2.05, 4.69) is 48.4 Å². The monoisotopic (exact) mass is 171 g/mol. The fraction of sp³-hybridized carbons (Fsp3) is 0.167. The zero-order chi connectivity index (χ0) is 9.10. The van der Waals surface area contributed by atoms with Crippen LogP contribution in [0.4, 0.5) is 0 Å². The molecule has 0 spiro atoms. The van der Waals surface area contributed by atoms with Gasteiger partial charge in [-0.3, -0.25) is 0 Å². The predicted molar refractivity (Wildman–Crippen MR) is 54.8 cm³/mol. The van der Waals surface area contributed by atoms with Gasteiger partial charge in [-0.25, -0.2) is 0 Å². The summed E-state index contributed by atoms with van der Waals surface area (Å²) in [6.07, 6.45) is 4.02. The molecule has 0 aliphatic heterocycles. The standard InChI is InChI=1S/C12H13N/c1-10(12-7-8-13-9-12)11-5-3-2-4-6-11/h2-10,13H,1H3/t10-/m0/s1. The summed E-state index contributed by atoms with van der Waals surface area (Å²) in [6.45, 7) is 2.22. The van der Waals surface area contributed by atoms with E-state index in [0.29, 0.717) is 5.92 Å². The van der Waals surface area contributed by atoms with E-state index in [0.717, 1.165) is 0 Å². The molecule has 1 atom stereocenters. The van der Waals surface area contributed by atoms with Gasteiger partial charge in [-0.1, -0.05) is 37.3 Å². The van der Waals surface area contributed by atoms with E-state index in [4.69, 9.17) is 0 Å². The van der Waals surface area contributed by atoms with Crippen LogP contribution in [-0.4, -0.2) is 4.98 Å². The third-order valence-electron chi connectivity index (χ3n) is 2.42. The summed E-state index contributed by atoms with van der Waals surface area (Å²) in [7, 11) is 0. The number of benzene rings is 1. The molecule has 0 fully saturated rings. The topological polar surface area (TPSA) is 15.8 Å². The highest BCUT2D eigenvalue weighted by molar-refractivity contribution is 5.29. The maximum Gasteiger partial charge on any atom is 0.00759 e. The molecule has 0 unspecified atom stereocenters. The van der Waals surface area contributed by atoms with Crippen LogP contribution < -0.4 is 0 Å². The molecule has 0 bridgehead atoms. The van der Waals surface area contributed by atoms with E-state index in [1.807, 2.05) is 12.3 Å². The first-order chi connectivity index (χ1) is 6.38. The Morgan fingerprint density at radius 3 is 2.38 bits per heavy atom. The molecule has 1 heterocycles. The van der Waals surface area contributed by atoms with E-state index >= 15 is 0 Å². The zero-order valence-corrected chi connectivity index (χ0v) is 7.70. The van der Waals surface area contributed by atoms with Gasteiger partial charge in [0, 0.05) is 18.3 Å². The normalized spacial score (nSPS) is 12.7. The largest absolute Gasteiger partial charge is 0.367 e. The lowest BCUT2D eigenvalue weighted by Crippen LogP contribution is -1.92. The molecule has 2 rings (SSSR count). The number of nitrogens with one attached hydrogen (secondary N) is 1. The number of hydrogen-bond donors (Lipinski definition) is 1. The lowest BCUT2D eigenvalue weighted by molar-refractivity contribution is 0.925. The van der Waals surface area contributed by atoms with Crippen molar-refractivity contribution in [1.29, 1.82) is 0 Å². The second-order valence-electron chi connectivity index (χ2n) is 3.28. The second-order valence-corrected chi connectivity index (χ2v) is 3.28. The molecule has 0 radical (unpaired) electrons. The van der Waals surface area contributed by atoms with E-state index in [1.54, 1.807) is 0 Å². The minimum absolute atomic E-state index is 0.479. The Bertz CT molecular complexity index is 348. The lowest BCUT2D eigenvalue weighted by Gasteiger charge is -2.08. The highest BCUT2D eigenvalue weighted by atomic mass is 14.6. The Kier molecular flexibility index (Phi) is 2.17. The highest BCUT2D eigenvalue weighted by Gasteiger charge is 2.06. The molecule has 1 N–H and O–H groups in total. The van der Waals surface area contributed by atoms with Crippen LogP contribution in [0.15, 0.2) is 48.8 Å². The van der Waals surface area contributed by atoms with Crippen molar-refractivity contribution < 1.29 is 0 Å². The minimum Gasteiger partial charge on any atom is -0.367 e. The van der Waals surface area contributed by atoms with Crippen molar-refractivity contribution in [3.05, 3.63) is 59.9 Å². The number of aromatic nitrogens is 1. The van der Waals surface area contributed by atoms with E-state index in [1.165, 1.54) is 11.1 Å². The Balaban J connectivity index is 2.29. The van der Waals surface area contributed by atoms with Crippen LogP contribution in [0.1, 0.15) is 24.0 Å². The molecule has 66 valence electrons. The van der Waals surface area contributed by atoms with Gasteiger partial charge >= 0.3 is 0 Å². The van der Waals surface area contributed by atoms with Gasteiger partial charge < -0.3 is 4.98 Å². The molecule has 1 aromatic heterocycles. The van der Waals surface area contributed by atoms with Crippen LogP contribution in [0.2, 0.25) is 0 Å². The smallest absolute Gasteiger partial charge is 0.00759 e. The average molecular weight is 171 g/mol. The second kappa shape index (κ2) is 3.48. The molecule has 0 aliphatic rings. The number of rotatable bonds is 2. The van der Waals surface area contributed by atoms with E-state index < -0.39 is 0 Å². The van der Waals surface area contributed by atoms with Gasteiger partial charge in [-0.2, -0.15) is 0 Å². The summed E-state index contributed by atoms with van der Waals surface area (Å²) in [6, 6.07) is 12.7. The van der Waals surface area contributed by atoms with Gasteiger partial charge in [0.1, 0.15) is 0 Å². The Morgan fingerprint density at radius 2 is 1.77 bits per heavy atom. The van der Waals surface area contributed by atoms with Crippen LogP contribution in [0.3, 0.4) is 0 Å². The van der Waals surface area contributed by atoms with Crippen molar-refractivity contribution >= 4 is 0 Å². The van der Waals surface area contributed by atoms with Gasteiger partial charge in [0.05, 0.1) is 0 Å². The summed E-state index contributed by atoms with van der Waals surface area (Å²) in [5.74, 6) is 0.479. The first-order valence-electron chi connectivity index (χ1n) is 4.55. The fourth-order valence-corrected chi connectivity index (χ4v) is 1.54. The Morgan fingerprint density at radius 1 is 1.00 bits per heavy atom. The first-order valence-corrected chi connectivity index (χ1v) is 4.55. The summed E-state index contributed by atoms with van der Waals surface area (Å²) in [4.78, 5) is 3.08. The Hall–Kier alpha value is -1.50. The molecule has 0 amide bonds. The van der Waals surface area contributed by atoms with Gasteiger partial charge in [0.2, 0.25) is 0 Å². The van der Waals surface area contributed by atoms with Crippen molar-refractivity contribution in [2.24, 2.45) is 0 Å². The van der Waals surface area contributed by atoms with Crippen molar-refractivity contribution in [2.75, 3.05) is 0 Å². The van der Waals surface area contributed by atoms with Gasteiger partial charge in [0.25, 0.3) is 0 Å². The highest BCUT2D eigenvalue weighted by Crippen LogP contribution is 2.22. The van der Waals surface area contributed by atoms with Crippen LogP contribution in [-0.2, 0) is 0 Å². The SMILES string of the molecule is C[C@@H](c1ccccc1)c1cc[nH]c1. The summed E-state index contributed by atoms with van der Waals surface area (Å²) < 4.78 is 0. The third kappa shape index (κ3) is 1.64. The maximum absolute atomic E-state index is 3.08. The number of aromatic amines is 1. The minimum atomic E-state index is 0.479. The van der Waals surface area contributed by atoms with Crippen molar-refractivity contribution in [3.63, 3.8) is 0 Å². The fourth-order valence-electron chi connectivity index (χ4n) is 1.54. The van der Waals surface area contributed by atoms with Gasteiger partial charge in [-0.05, 0) is 17.2 Å². The molecule has 1 nitrogen and oxygen atoms in total. The van der Waals surface area contributed by atoms with Crippen molar-refractivity contribution in [2.45, 2.75) is 12.8 Å². The van der Waals surface area contributed by atoms with Crippen LogP contribution in [0, 0.1) is 0 Å².